The predicted molar refractivity (Wildman–Crippen MR) is 106 cm³/mol. The van der Waals surface area contributed by atoms with Gasteiger partial charge in [-0.3, -0.25) is 9.52 Å². The van der Waals surface area contributed by atoms with Crippen LogP contribution in [0.2, 0.25) is 0 Å². The number of nitrogens with zero attached hydrogens (tertiary/aromatic N) is 1. The Labute approximate surface area is 156 Å². The molecule has 0 aliphatic heterocycles. The van der Waals surface area contributed by atoms with Gasteiger partial charge in [0, 0.05) is 25.3 Å². The van der Waals surface area contributed by atoms with Gasteiger partial charge < -0.3 is 4.90 Å². The molecule has 0 aromatic heterocycles. The van der Waals surface area contributed by atoms with Crippen molar-refractivity contribution < 1.29 is 13.2 Å². The van der Waals surface area contributed by atoms with E-state index in [-0.39, 0.29) is 5.91 Å². The van der Waals surface area contributed by atoms with Crippen LogP contribution in [-0.2, 0) is 14.8 Å². The van der Waals surface area contributed by atoms with Crippen molar-refractivity contribution in [2.24, 2.45) is 0 Å². The monoisotopic (exact) mass is 374 g/mol. The van der Waals surface area contributed by atoms with E-state index < -0.39 is 10.0 Å². The van der Waals surface area contributed by atoms with Crippen LogP contribution >= 0.6 is 0 Å². The van der Waals surface area contributed by atoms with Crippen LogP contribution in [-0.4, -0.2) is 21.4 Å². The van der Waals surface area contributed by atoms with Crippen LogP contribution < -0.4 is 9.62 Å². The number of benzene rings is 2. The van der Waals surface area contributed by atoms with Crippen LogP contribution in [0.3, 0.4) is 0 Å². The molecule has 140 valence electrons. The Morgan fingerprint density at radius 2 is 1.27 bits per heavy atom. The van der Waals surface area contributed by atoms with Crippen LogP contribution in [0.5, 0.6) is 0 Å². The number of anilines is 2. The van der Waals surface area contributed by atoms with E-state index in [1.165, 1.54) is 11.8 Å². The second kappa shape index (κ2) is 7.11. The Bertz CT molecular complexity index is 933. The summed E-state index contributed by atoms with van der Waals surface area (Å²) >= 11 is 0. The molecular formula is C20H26N2O3S. The summed E-state index contributed by atoms with van der Waals surface area (Å²) in [5.41, 5.74) is 5.81. The summed E-state index contributed by atoms with van der Waals surface area (Å²) in [6.07, 6.45) is 0. The molecule has 0 heterocycles. The number of hydrogen-bond donors (Lipinski definition) is 1. The molecule has 0 fully saturated rings. The summed E-state index contributed by atoms with van der Waals surface area (Å²) in [5, 5.41) is 0. The topological polar surface area (TPSA) is 66.5 Å². The first kappa shape index (κ1) is 20.0. The average molecular weight is 375 g/mol. The molecular weight excluding hydrogens is 348 g/mol. The molecule has 2 aromatic carbocycles. The molecule has 0 aliphatic carbocycles. The lowest BCUT2D eigenvalue weighted by molar-refractivity contribution is -0.116. The van der Waals surface area contributed by atoms with Crippen LogP contribution in [0.25, 0.3) is 0 Å². The summed E-state index contributed by atoms with van der Waals surface area (Å²) < 4.78 is 28.7. The minimum atomic E-state index is -3.72. The van der Waals surface area contributed by atoms with Crippen molar-refractivity contribution in [3.05, 3.63) is 52.1 Å². The van der Waals surface area contributed by atoms with Gasteiger partial charge in [0.25, 0.3) is 10.0 Å². The highest BCUT2D eigenvalue weighted by molar-refractivity contribution is 7.92. The van der Waals surface area contributed by atoms with Crippen molar-refractivity contribution in [3.8, 4) is 0 Å². The summed E-state index contributed by atoms with van der Waals surface area (Å²) in [4.78, 5) is 13.3. The lowest BCUT2D eigenvalue weighted by Crippen LogP contribution is -2.22. The zero-order chi connectivity index (χ0) is 19.8. The molecule has 1 N–H and O–H groups in total. The smallest absolute Gasteiger partial charge is 0.262 e. The molecule has 0 radical (unpaired) electrons. The normalized spacial score (nSPS) is 11.3. The maximum atomic E-state index is 13.0. The van der Waals surface area contributed by atoms with E-state index in [4.69, 9.17) is 0 Å². The third kappa shape index (κ3) is 3.60. The van der Waals surface area contributed by atoms with Gasteiger partial charge in [-0.25, -0.2) is 8.42 Å². The highest BCUT2D eigenvalue weighted by atomic mass is 32.2. The Balaban J connectivity index is 2.43. The highest BCUT2D eigenvalue weighted by Gasteiger charge is 2.23. The lowest BCUT2D eigenvalue weighted by atomic mass is 9.95. The first-order valence-electron chi connectivity index (χ1n) is 8.41. The molecule has 2 aromatic rings. The molecule has 0 atom stereocenters. The largest absolute Gasteiger partial charge is 0.316 e. The van der Waals surface area contributed by atoms with Gasteiger partial charge in [-0.2, -0.15) is 0 Å². The standard InChI is InChI=1S/C20H26N2O3S/c1-12-13(2)15(4)20(16(5)14(12)3)26(24,25)21-18-8-10-19(11-9-18)22(7)17(6)23/h8-11,21H,1-7H3. The van der Waals surface area contributed by atoms with Gasteiger partial charge >= 0.3 is 0 Å². The van der Waals surface area contributed by atoms with Crippen molar-refractivity contribution in [2.75, 3.05) is 16.7 Å². The Morgan fingerprint density at radius 1 is 0.846 bits per heavy atom. The van der Waals surface area contributed by atoms with Crippen molar-refractivity contribution in [2.45, 2.75) is 46.4 Å². The van der Waals surface area contributed by atoms with Crippen molar-refractivity contribution >= 4 is 27.3 Å². The molecule has 6 heteroatoms. The third-order valence-corrected chi connectivity index (χ3v) is 6.83. The van der Waals surface area contributed by atoms with Gasteiger partial charge in [0.05, 0.1) is 4.90 Å². The van der Waals surface area contributed by atoms with Gasteiger partial charge in [0.2, 0.25) is 5.91 Å². The quantitative estimate of drug-likeness (QED) is 0.879. The summed E-state index contributed by atoms with van der Waals surface area (Å²) in [7, 11) is -2.04. The van der Waals surface area contributed by atoms with E-state index in [9.17, 15) is 13.2 Å². The fourth-order valence-electron chi connectivity index (χ4n) is 3.01. The number of carbonyl (C=O) groups is 1. The second-order valence-electron chi connectivity index (χ2n) is 6.68. The number of rotatable bonds is 4. The van der Waals surface area contributed by atoms with Gasteiger partial charge in [-0.1, -0.05) is 0 Å². The van der Waals surface area contributed by atoms with E-state index in [0.29, 0.717) is 16.3 Å². The van der Waals surface area contributed by atoms with Gasteiger partial charge in [-0.15, -0.1) is 0 Å². The van der Waals surface area contributed by atoms with Gasteiger partial charge in [-0.05, 0) is 86.7 Å². The zero-order valence-corrected chi connectivity index (χ0v) is 17.2. The molecule has 2 rings (SSSR count). The fourth-order valence-corrected chi connectivity index (χ4v) is 4.67. The molecule has 0 unspecified atom stereocenters. The van der Waals surface area contributed by atoms with E-state index in [0.717, 1.165) is 27.8 Å². The summed E-state index contributed by atoms with van der Waals surface area (Å²) in [6.45, 7) is 11.1. The molecule has 0 saturated heterocycles. The molecule has 0 spiro atoms. The van der Waals surface area contributed by atoms with Crippen LogP contribution in [0.15, 0.2) is 29.2 Å². The average Bonchev–Trinajstić information content (AvgIpc) is 2.57. The predicted octanol–water partition coefficient (Wildman–Crippen LogP) is 4.01. The molecule has 26 heavy (non-hydrogen) atoms. The Hall–Kier alpha value is -2.34. The Kier molecular flexibility index (Phi) is 5.47. The van der Waals surface area contributed by atoms with Crippen LogP contribution in [0.4, 0.5) is 11.4 Å². The number of amides is 1. The van der Waals surface area contributed by atoms with Crippen molar-refractivity contribution in [1.29, 1.82) is 0 Å². The van der Waals surface area contributed by atoms with Crippen LogP contribution in [0, 0.1) is 34.6 Å². The summed E-state index contributed by atoms with van der Waals surface area (Å²) in [6, 6.07) is 6.74. The maximum Gasteiger partial charge on any atom is 0.262 e. The summed E-state index contributed by atoms with van der Waals surface area (Å²) in [5.74, 6) is -0.0878. The first-order valence-corrected chi connectivity index (χ1v) is 9.89. The van der Waals surface area contributed by atoms with E-state index in [1.54, 1.807) is 31.3 Å². The van der Waals surface area contributed by atoms with E-state index in [2.05, 4.69) is 4.72 Å². The minimum absolute atomic E-state index is 0.0878. The van der Waals surface area contributed by atoms with E-state index in [1.807, 2.05) is 34.6 Å². The number of carbonyl (C=O) groups excluding carboxylic acids is 1. The van der Waals surface area contributed by atoms with Gasteiger partial charge in [0.1, 0.15) is 0 Å². The maximum absolute atomic E-state index is 13.0. The lowest BCUT2D eigenvalue weighted by Gasteiger charge is -2.20. The minimum Gasteiger partial charge on any atom is -0.316 e. The number of sulfonamides is 1. The molecule has 1 amide bonds. The zero-order valence-electron chi connectivity index (χ0n) is 16.4. The SMILES string of the molecule is CC(=O)N(C)c1ccc(NS(=O)(=O)c2c(C)c(C)c(C)c(C)c2C)cc1. The first-order chi connectivity index (χ1) is 12.0. The number of hydrogen-bond acceptors (Lipinski definition) is 3. The van der Waals surface area contributed by atoms with E-state index >= 15 is 0 Å². The Morgan fingerprint density at radius 3 is 1.69 bits per heavy atom. The fraction of sp³-hybridized carbons (Fsp3) is 0.350. The van der Waals surface area contributed by atoms with Crippen LogP contribution in [0.1, 0.15) is 34.7 Å². The molecule has 0 aliphatic rings. The second-order valence-corrected chi connectivity index (χ2v) is 8.30. The molecule has 0 saturated carbocycles. The van der Waals surface area contributed by atoms with Gasteiger partial charge in [0.15, 0.2) is 0 Å². The third-order valence-electron chi connectivity index (χ3n) is 5.18. The van der Waals surface area contributed by atoms with Crippen molar-refractivity contribution in [3.63, 3.8) is 0 Å². The number of nitrogens with one attached hydrogen (secondary N) is 1. The molecule has 5 nitrogen and oxygen atoms in total. The van der Waals surface area contributed by atoms with Crippen molar-refractivity contribution in [1.82, 2.24) is 0 Å². The highest BCUT2D eigenvalue weighted by Crippen LogP contribution is 2.31. The molecule has 0 bridgehead atoms.